The maximum Gasteiger partial charge on any atom is 0.255 e. The number of methoxy groups -OCH3 is 1. The fraction of sp³-hybridized carbons (Fsp3) is 0.375. The van der Waals surface area contributed by atoms with Gasteiger partial charge in [0.2, 0.25) is 5.91 Å². The first kappa shape index (κ1) is 28.8. The Kier molecular flexibility index (Phi) is 9.63. The van der Waals surface area contributed by atoms with E-state index in [-0.39, 0.29) is 11.8 Å². The molecule has 9 nitrogen and oxygen atoms in total. The second kappa shape index (κ2) is 13.7. The summed E-state index contributed by atoms with van der Waals surface area (Å²) in [5.41, 5.74) is 3.18. The Morgan fingerprint density at radius 3 is 2.27 bits per heavy atom. The fourth-order valence-electron chi connectivity index (χ4n) is 4.96. The Bertz CT molecular complexity index is 1300. The summed E-state index contributed by atoms with van der Waals surface area (Å²) in [6.07, 6.45) is 1.59. The molecule has 5 rings (SSSR count). The van der Waals surface area contributed by atoms with Crippen LogP contribution in [0.5, 0.6) is 5.75 Å². The molecular weight excluding hydrogens is 522 g/mol. The molecule has 0 radical (unpaired) electrons. The molecule has 1 aliphatic heterocycles. The van der Waals surface area contributed by atoms with Gasteiger partial charge in [0.15, 0.2) is 0 Å². The standard InChI is InChI=1S/C32H37N3O6/c1-38-19-20-40-21-22-41-29-12-9-26(23-28(29)34-31(37)32(13-14-32)35-15-17-39-18-16-35)30(36)33-27-10-7-25(8-11-27)24-5-3-2-4-6-24/h2-12,23H,13-22H2,1H3,(H,33,36)(H,34,37). The molecule has 0 aromatic heterocycles. The normalized spacial score (nSPS) is 16.1. The lowest BCUT2D eigenvalue weighted by molar-refractivity contribution is -0.124. The molecule has 1 saturated heterocycles. The summed E-state index contributed by atoms with van der Waals surface area (Å²) in [6, 6.07) is 22.8. The summed E-state index contributed by atoms with van der Waals surface area (Å²) in [5.74, 6) is 0.113. The van der Waals surface area contributed by atoms with Gasteiger partial charge in [0.1, 0.15) is 17.9 Å². The van der Waals surface area contributed by atoms with Gasteiger partial charge in [0, 0.05) is 31.5 Å². The van der Waals surface area contributed by atoms with Crippen LogP contribution in [0.2, 0.25) is 0 Å². The van der Waals surface area contributed by atoms with Crippen LogP contribution >= 0.6 is 0 Å². The van der Waals surface area contributed by atoms with E-state index in [0.29, 0.717) is 62.3 Å². The number of carbonyl (C=O) groups is 2. The summed E-state index contributed by atoms with van der Waals surface area (Å²) < 4.78 is 21.9. The number of benzene rings is 3. The molecule has 1 heterocycles. The quantitative estimate of drug-likeness (QED) is 0.299. The predicted octanol–water partition coefficient (Wildman–Crippen LogP) is 4.45. The third-order valence-electron chi connectivity index (χ3n) is 7.42. The molecule has 2 N–H and O–H groups in total. The highest BCUT2D eigenvalue weighted by molar-refractivity contribution is 6.07. The van der Waals surface area contributed by atoms with E-state index in [9.17, 15) is 9.59 Å². The number of carbonyl (C=O) groups excluding carboxylic acids is 2. The topological polar surface area (TPSA) is 98.4 Å². The molecule has 2 fully saturated rings. The van der Waals surface area contributed by atoms with Gasteiger partial charge in [-0.25, -0.2) is 0 Å². The lowest BCUT2D eigenvalue weighted by Gasteiger charge is -2.34. The number of morpholine rings is 1. The monoisotopic (exact) mass is 559 g/mol. The van der Waals surface area contributed by atoms with Crippen molar-refractivity contribution >= 4 is 23.2 Å². The Balaban J connectivity index is 1.29. The van der Waals surface area contributed by atoms with Gasteiger partial charge in [-0.15, -0.1) is 0 Å². The molecule has 216 valence electrons. The molecule has 2 aliphatic rings. The van der Waals surface area contributed by atoms with E-state index in [1.54, 1.807) is 25.3 Å². The van der Waals surface area contributed by atoms with Gasteiger partial charge in [0.05, 0.1) is 38.7 Å². The lowest BCUT2D eigenvalue weighted by Crippen LogP contribution is -2.51. The minimum Gasteiger partial charge on any atom is -0.489 e. The van der Waals surface area contributed by atoms with Gasteiger partial charge in [-0.2, -0.15) is 0 Å². The number of nitrogens with zero attached hydrogens (tertiary/aromatic N) is 1. The van der Waals surface area contributed by atoms with Gasteiger partial charge in [-0.3, -0.25) is 14.5 Å². The Morgan fingerprint density at radius 2 is 1.56 bits per heavy atom. The minimum absolute atomic E-state index is 0.0883. The minimum atomic E-state index is -0.539. The number of ether oxygens (including phenoxy) is 4. The highest BCUT2D eigenvalue weighted by Crippen LogP contribution is 2.43. The number of nitrogens with one attached hydrogen (secondary N) is 2. The first-order valence-electron chi connectivity index (χ1n) is 14.0. The van der Waals surface area contributed by atoms with Crippen LogP contribution in [0.4, 0.5) is 11.4 Å². The molecule has 41 heavy (non-hydrogen) atoms. The van der Waals surface area contributed by atoms with Gasteiger partial charge < -0.3 is 29.6 Å². The van der Waals surface area contributed by atoms with Crippen molar-refractivity contribution in [2.24, 2.45) is 0 Å². The van der Waals surface area contributed by atoms with Crippen LogP contribution in [0.25, 0.3) is 11.1 Å². The molecule has 2 amide bonds. The molecule has 3 aromatic rings. The fourth-order valence-corrected chi connectivity index (χ4v) is 4.96. The maximum atomic E-state index is 13.5. The number of hydrogen-bond acceptors (Lipinski definition) is 7. The number of amides is 2. The van der Waals surface area contributed by atoms with Crippen molar-refractivity contribution in [3.8, 4) is 16.9 Å². The third-order valence-corrected chi connectivity index (χ3v) is 7.42. The summed E-state index contributed by atoms with van der Waals surface area (Å²) >= 11 is 0. The van der Waals surface area contributed by atoms with E-state index in [2.05, 4.69) is 15.5 Å². The van der Waals surface area contributed by atoms with Crippen molar-refractivity contribution in [1.82, 2.24) is 4.90 Å². The zero-order valence-electron chi connectivity index (χ0n) is 23.4. The number of rotatable bonds is 13. The highest BCUT2D eigenvalue weighted by Gasteiger charge is 2.54. The molecule has 0 atom stereocenters. The molecule has 3 aromatic carbocycles. The largest absolute Gasteiger partial charge is 0.489 e. The summed E-state index contributed by atoms with van der Waals surface area (Å²) in [5, 5.41) is 6.03. The van der Waals surface area contributed by atoms with Gasteiger partial charge in [0.25, 0.3) is 5.91 Å². The average Bonchev–Trinajstić information content (AvgIpc) is 3.83. The van der Waals surface area contributed by atoms with E-state index >= 15 is 0 Å². The van der Waals surface area contributed by atoms with Crippen molar-refractivity contribution in [2.75, 3.05) is 70.5 Å². The molecular formula is C32H37N3O6. The Morgan fingerprint density at radius 1 is 0.854 bits per heavy atom. The summed E-state index contributed by atoms with van der Waals surface area (Å²) in [6.45, 7) is 4.32. The third kappa shape index (κ3) is 7.31. The van der Waals surface area contributed by atoms with Crippen LogP contribution in [-0.4, -0.2) is 82.1 Å². The van der Waals surface area contributed by atoms with E-state index in [4.69, 9.17) is 18.9 Å². The zero-order chi connectivity index (χ0) is 28.5. The average molecular weight is 560 g/mol. The van der Waals surface area contributed by atoms with Crippen molar-refractivity contribution < 1.29 is 28.5 Å². The Labute approximate surface area is 240 Å². The van der Waals surface area contributed by atoms with Crippen LogP contribution in [0.1, 0.15) is 23.2 Å². The second-order valence-electron chi connectivity index (χ2n) is 10.1. The molecule has 1 aliphatic carbocycles. The first-order valence-corrected chi connectivity index (χ1v) is 14.0. The van der Waals surface area contributed by atoms with Crippen LogP contribution in [-0.2, 0) is 19.0 Å². The molecule has 0 unspecified atom stereocenters. The van der Waals surface area contributed by atoms with Crippen molar-refractivity contribution in [2.45, 2.75) is 18.4 Å². The Hall–Kier alpha value is -3.76. The van der Waals surface area contributed by atoms with Crippen LogP contribution in [0.3, 0.4) is 0 Å². The van der Waals surface area contributed by atoms with Crippen LogP contribution in [0, 0.1) is 0 Å². The van der Waals surface area contributed by atoms with Gasteiger partial charge >= 0.3 is 0 Å². The van der Waals surface area contributed by atoms with Crippen molar-refractivity contribution in [1.29, 1.82) is 0 Å². The molecule has 1 saturated carbocycles. The number of anilines is 2. The van der Waals surface area contributed by atoms with Gasteiger partial charge in [-0.05, 0) is 54.3 Å². The highest BCUT2D eigenvalue weighted by atomic mass is 16.5. The second-order valence-corrected chi connectivity index (χ2v) is 10.1. The van der Waals surface area contributed by atoms with Crippen molar-refractivity contribution in [3.63, 3.8) is 0 Å². The van der Waals surface area contributed by atoms with Crippen molar-refractivity contribution in [3.05, 3.63) is 78.4 Å². The smallest absolute Gasteiger partial charge is 0.255 e. The van der Waals surface area contributed by atoms with E-state index in [1.165, 1.54) is 0 Å². The lowest BCUT2D eigenvalue weighted by atomic mass is 10.1. The molecule has 0 spiro atoms. The summed E-state index contributed by atoms with van der Waals surface area (Å²) in [7, 11) is 1.62. The SMILES string of the molecule is COCCOCCOc1ccc(C(=O)Nc2ccc(-c3ccccc3)cc2)cc1NC(=O)C1(N2CCOCC2)CC1. The van der Waals surface area contributed by atoms with Crippen LogP contribution in [0.15, 0.2) is 72.8 Å². The van der Waals surface area contributed by atoms with E-state index in [1.807, 2.05) is 54.6 Å². The predicted molar refractivity (Wildman–Crippen MR) is 157 cm³/mol. The van der Waals surface area contributed by atoms with Crippen LogP contribution < -0.4 is 15.4 Å². The maximum absolute atomic E-state index is 13.5. The van der Waals surface area contributed by atoms with Gasteiger partial charge in [-0.1, -0.05) is 42.5 Å². The van der Waals surface area contributed by atoms with E-state index in [0.717, 1.165) is 37.1 Å². The zero-order valence-corrected chi connectivity index (χ0v) is 23.4. The number of hydrogen-bond donors (Lipinski definition) is 2. The molecule has 9 heteroatoms. The summed E-state index contributed by atoms with van der Waals surface area (Å²) in [4.78, 5) is 28.9. The molecule has 0 bridgehead atoms. The van der Waals surface area contributed by atoms with E-state index < -0.39 is 5.54 Å². The first-order chi connectivity index (χ1) is 20.1.